The monoisotopic (exact) mass is 471 g/mol. The minimum atomic E-state index is -3.75. The van der Waals surface area contributed by atoms with Gasteiger partial charge in [0.2, 0.25) is 10.0 Å². The molecule has 0 radical (unpaired) electrons. The number of esters is 1. The highest BCUT2D eigenvalue weighted by atomic mass is 32.2. The summed E-state index contributed by atoms with van der Waals surface area (Å²) in [5.74, 6) is -2.40. The van der Waals surface area contributed by atoms with Gasteiger partial charge in [-0.15, -0.1) is 0 Å². The molecule has 3 amide bonds. The summed E-state index contributed by atoms with van der Waals surface area (Å²) in [6.45, 7) is 1.00. The zero-order chi connectivity index (χ0) is 23.9. The normalized spacial score (nSPS) is 15.4. The largest absolute Gasteiger partial charge is 0.452 e. The molecular weight excluding hydrogens is 450 g/mol. The standard InChI is InChI=1S/C22H21N3O7S/c1-12-3-7-15(33(30,31)24-13-4-5-13)10-17(12)22(29)32-11-19(26)23-14-6-8-16-18(9-14)21(28)25(2)20(16)27/h3,6-10,13,24H,4-5,11H2,1-2H3,(H,23,26). The van der Waals surface area contributed by atoms with Gasteiger partial charge in [-0.3, -0.25) is 19.3 Å². The summed E-state index contributed by atoms with van der Waals surface area (Å²) >= 11 is 0. The second kappa shape index (κ2) is 8.41. The molecule has 0 bridgehead atoms. The number of sulfonamides is 1. The maximum absolute atomic E-state index is 12.5. The minimum absolute atomic E-state index is 0.0335. The number of imide groups is 1. The Morgan fingerprint density at radius 3 is 2.45 bits per heavy atom. The van der Waals surface area contributed by atoms with Crippen molar-refractivity contribution in [3.8, 4) is 0 Å². The molecule has 0 atom stereocenters. The number of anilines is 1. The average molecular weight is 471 g/mol. The Hall–Kier alpha value is -3.57. The van der Waals surface area contributed by atoms with Crippen molar-refractivity contribution in [1.82, 2.24) is 9.62 Å². The first kappa shape index (κ1) is 22.6. The SMILES string of the molecule is Cc1ccc(S(=O)(=O)NC2CC2)cc1C(=O)OCC(=O)Nc1ccc2c(c1)C(=O)N(C)C2=O. The number of benzene rings is 2. The smallest absolute Gasteiger partial charge is 0.338 e. The summed E-state index contributed by atoms with van der Waals surface area (Å²) in [5.41, 5.74) is 1.21. The maximum atomic E-state index is 12.5. The molecule has 2 aromatic carbocycles. The van der Waals surface area contributed by atoms with Crippen LogP contribution in [-0.2, 0) is 19.6 Å². The van der Waals surface area contributed by atoms with Crippen molar-refractivity contribution in [2.75, 3.05) is 19.0 Å². The van der Waals surface area contributed by atoms with Crippen molar-refractivity contribution in [2.45, 2.75) is 30.7 Å². The number of carbonyl (C=O) groups is 4. The first-order valence-electron chi connectivity index (χ1n) is 10.1. The molecule has 33 heavy (non-hydrogen) atoms. The number of rotatable bonds is 7. The van der Waals surface area contributed by atoms with E-state index in [0.29, 0.717) is 5.56 Å². The van der Waals surface area contributed by atoms with Crippen LogP contribution in [-0.4, -0.2) is 56.7 Å². The second-order valence-corrected chi connectivity index (χ2v) is 9.64. The number of nitrogens with one attached hydrogen (secondary N) is 2. The van der Waals surface area contributed by atoms with Gasteiger partial charge in [0.15, 0.2) is 6.61 Å². The Labute approximate surface area is 190 Å². The van der Waals surface area contributed by atoms with E-state index in [-0.39, 0.29) is 33.3 Å². The van der Waals surface area contributed by atoms with Crippen molar-refractivity contribution in [3.63, 3.8) is 0 Å². The van der Waals surface area contributed by atoms with Gasteiger partial charge < -0.3 is 10.1 Å². The quantitative estimate of drug-likeness (QED) is 0.460. The molecule has 2 aromatic rings. The number of hydrogen-bond donors (Lipinski definition) is 2. The molecule has 1 aliphatic heterocycles. The Bertz CT molecular complexity index is 1300. The van der Waals surface area contributed by atoms with Crippen molar-refractivity contribution in [3.05, 3.63) is 58.7 Å². The number of ether oxygens (including phenoxy) is 1. The zero-order valence-corrected chi connectivity index (χ0v) is 18.7. The van der Waals surface area contributed by atoms with Gasteiger partial charge in [0.1, 0.15) is 0 Å². The minimum Gasteiger partial charge on any atom is -0.452 e. The lowest BCUT2D eigenvalue weighted by atomic mass is 10.1. The fourth-order valence-corrected chi connectivity index (χ4v) is 4.65. The third-order valence-electron chi connectivity index (χ3n) is 5.35. The Morgan fingerprint density at radius 2 is 1.76 bits per heavy atom. The zero-order valence-electron chi connectivity index (χ0n) is 17.9. The van der Waals surface area contributed by atoms with Crippen LogP contribution in [0.2, 0.25) is 0 Å². The molecular formula is C22H21N3O7S. The summed E-state index contributed by atoms with van der Waals surface area (Å²) in [7, 11) is -2.38. The fourth-order valence-electron chi connectivity index (χ4n) is 3.32. The lowest BCUT2D eigenvalue weighted by Gasteiger charge is -2.11. The summed E-state index contributed by atoms with van der Waals surface area (Å²) in [4.78, 5) is 49.7. The van der Waals surface area contributed by atoms with Crippen molar-refractivity contribution >= 4 is 39.4 Å². The average Bonchev–Trinajstić information content (AvgIpc) is 3.55. The molecule has 1 fully saturated rings. The van der Waals surface area contributed by atoms with E-state index in [4.69, 9.17) is 4.74 Å². The molecule has 0 unspecified atom stereocenters. The van der Waals surface area contributed by atoms with E-state index in [0.717, 1.165) is 17.7 Å². The van der Waals surface area contributed by atoms with E-state index < -0.39 is 40.3 Å². The fraction of sp³-hybridized carbons (Fsp3) is 0.273. The summed E-state index contributed by atoms with van der Waals surface area (Å²) in [5, 5.41) is 2.50. The van der Waals surface area contributed by atoms with Gasteiger partial charge in [-0.05, 0) is 55.7 Å². The van der Waals surface area contributed by atoms with Gasteiger partial charge in [0.25, 0.3) is 17.7 Å². The topological polar surface area (TPSA) is 139 Å². The third kappa shape index (κ3) is 4.64. The molecule has 1 heterocycles. The van der Waals surface area contributed by atoms with Crippen LogP contribution in [0.5, 0.6) is 0 Å². The van der Waals surface area contributed by atoms with Crippen molar-refractivity contribution in [2.24, 2.45) is 0 Å². The van der Waals surface area contributed by atoms with Gasteiger partial charge in [-0.2, -0.15) is 0 Å². The first-order valence-corrected chi connectivity index (χ1v) is 11.6. The van der Waals surface area contributed by atoms with Crippen LogP contribution in [0, 0.1) is 6.92 Å². The van der Waals surface area contributed by atoms with Crippen LogP contribution in [0.3, 0.4) is 0 Å². The first-order chi connectivity index (χ1) is 15.6. The maximum Gasteiger partial charge on any atom is 0.338 e. The number of nitrogens with zero attached hydrogens (tertiary/aromatic N) is 1. The summed E-state index contributed by atoms with van der Waals surface area (Å²) < 4.78 is 32.4. The highest BCUT2D eigenvalue weighted by Gasteiger charge is 2.33. The van der Waals surface area contributed by atoms with E-state index in [1.54, 1.807) is 6.92 Å². The third-order valence-corrected chi connectivity index (χ3v) is 6.86. The van der Waals surface area contributed by atoms with Gasteiger partial charge in [-0.25, -0.2) is 17.9 Å². The molecule has 10 nitrogen and oxygen atoms in total. The van der Waals surface area contributed by atoms with Crippen molar-refractivity contribution < 1.29 is 32.3 Å². The number of hydrogen-bond acceptors (Lipinski definition) is 7. The molecule has 1 saturated carbocycles. The molecule has 0 aromatic heterocycles. The van der Waals surface area contributed by atoms with Crippen LogP contribution in [0.1, 0.15) is 49.5 Å². The van der Waals surface area contributed by atoms with Gasteiger partial charge in [0.05, 0.1) is 21.6 Å². The number of fused-ring (bicyclic) bond motifs is 1. The number of amides is 3. The number of carbonyl (C=O) groups excluding carboxylic acids is 4. The molecule has 2 N–H and O–H groups in total. The molecule has 2 aliphatic rings. The van der Waals surface area contributed by atoms with Crippen LogP contribution in [0.25, 0.3) is 0 Å². The molecule has 4 rings (SSSR count). The van der Waals surface area contributed by atoms with E-state index in [1.165, 1.54) is 43.4 Å². The second-order valence-electron chi connectivity index (χ2n) is 7.93. The van der Waals surface area contributed by atoms with Crippen LogP contribution < -0.4 is 10.0 Å². The van der Waals surface area contributed by atoms with Gasteiger partial charge in [0, 0.05) is 18.8 Å². The van der Waals surface area contributed by atoms with E-state index in [9.17, 15) is 27.6 Å². The summed E-state index contributed by atoms with van der Waals surface area (Å²) in [6.07, 6.45) is 1.56. The number of aryl methyl sites for hydroxylation is 1. The summed E-state index contributed by atoms with van der Waals surface area (Å²) in [6, 6.07) is 8.33. The van der Waals surface area contributed by atoms with E-state index >= 15 is 0 Å². The molecule has 0 spiro atoms. The Balaban J connectivity index is 1.40. The van der Waals surface area contributed by atoms with Gasteiger partial charge >= 0.3 is 5.97 Å². The Kier molecular flexibility index (Phi) is 5.76. The predicted octanol–water partition coefficient (Wildman–Crippen LogP) is 1.46. The highest BCUT2D eigenvalue weighted by Crippen LogP contribution is 2.25. The lowest BCUT2D eigenvalue weighted by molar-refractivity contribution is -0.119. The van der Waals surface area contributed by atoms with E-state index in [2.05, 4.69) is 10.0 Å². The van der Waals surface area contributed by atoms with Crippen LogP contribution in [0.15, 0.2) is 41.3 Å². The molecule has 0 saturated heterocycles. The van der Waals surface area contributed by atoms with Crippen LogP contribution >= 0.6 is 0 Å². The lowest BCUT2D eigenvalue weighted by Crippen LogP contribution is -2.26. The van der Waals surface area contributed by atoms with Crippen LogP contribution in [0.4, 0.5) is 5.69 Å². The molecule has 11 heteroatoms. The Morgan fingerprint density at radius 1 is 1.06 bits per heavy atom. The van der Waals surface area contributed by atoms with E-state index in [1.807, 2.05) is 0 Å². The molecule has 172 valence electrons. The predicted molar refractivity (Wildman–Crippen MR) is 116 cm³/mol. The molecule has 1 aliphatic carbocycles. The van der Waals surface area contributed by atoms with Crippen molar-refractivity contribution in [1.29, 1.82) is 0 Å². The van der Waals surface area contributed by atoms with Gasteiger partial charge in [-0.1, -0.05) is 6.07 Å². The highest BCUT2D eigenvalue weighted by molar-refractivity contribution is 7.89.